The van der Waals surface area contributed by atoms with Crippen molar-refractivity contribution in [1.82, 2.24) is 9.97 Å². The third kappa shape index (κ3) is 4.34. The van der Waals surface area contributed by atoms with Gasteiger partial charge in [0, 0.05) is 42.5 Å². The first-order chi connectivity index (χ1) is 16.3. The van der Waals surface area contributed by atoms with E-state index in [1.807, 2.05) is 32.0 Å². The SMILES string of the molecule is CC(=O)Oc1ccc(-c2cc(O[C@H]3Cc4cc5ccc(=O)oc5cc4OC3(C)C)ncn2)cc1. The first kappa shape index (κ1) is 21.6. The molecule has 0 saturated carbocycles. The average molecular weight is 458 g/mol. The number of nitrogens with zero attached hydrogens (tertiary/aromatic N) is 2. The van der Waals surface area contributed by atoms with Crippen molar-refractivity contribution in [2.24, 2.45) is 0 Å². The number of fused-ring (bicyclic) bond motifs is 2. The van der Waals surface area contributed by atoms with Crippen molar-refractivity contribution in [3.63, 3.8) is 0 Å². The molecule has 0 bridgehead atoms. The van der Waals surface area contributed by atoms with Gasteiger partial charge in [-0.1, -0.05) is 0 Å². The molecular weight excluding hydrogens is 436 g/mol. The zero-order valence-corrected chi connectivity index (χ0v) is 18.9. The summed E-state index contributed by atoms with van der Waals surface area (Å²) in [5.74, 6) is 1.18. The monoisotopic (exact) mass is 458 g/mol. The topological polar surface area (TPSA) is 101 Å². The van der Waals surface area contributed by atoms with E-state index in [0.717, 1.165) is 16.5 Å². The lowest BCUT2D eigenvalue weighted by atomic mass is 9.90. The van der Waals surface area contributed by atoms with Crippen molar-refractivity contribution >= 4 is 16.9 Å². The van der Waals surface area contributed by atoms with Crippen LogP contribution in [0.1, 0.15) is 26.3 Å². The fourth-order valence-corrected chi connectivity index (χ4v) is 3.94. The minimum Gasteiger partial charge on any atom is -0.484 e. The highest BCUT2D eigenvalue weighted by atomic mass is 16.6. The highest BCUT2D eigenvalue weighted by molar-refractivity contribution is 5.79. The van der Waals surface area contributed by atoms with Gasteiger partial charge in [-0.25, -0.2) is 14.8 Å². The van der Waals surface area contributed by atoms with Crippen LogP contribution in [0.2, 0.25) is 0 Å². The van der Waals surface area contributed by atoms with E-state index in [0.29, 0.717) is 35.1 Å². The van der Waals surface area contributed by atoms with E-state index in [1.54, 1.807) is 30.3 Å². The summed E-state index contributed by atoms with van der Waals surface area (Å²) in [6.07, 6.45) is 1.72. The first-order valence-corrected chi connectivity index (χ1v) is 10.8. The number of hydrogen-bond acceptors (Lipinski definition) is 8. The molecule has 4 aromatic rings. The molecule has 0 fully saturated rings. The lowest BCUT2D eigenvalue weighted by Crippen LogP contribution is -2.49. The Labute approximate surface area is 195 Å². The van der Waals surface area contributed by atoms with Gasteiger partial charge in [0.2, 0.25) is 5.88 Å². The van der Waals surface area contributed by atoms with Crippen LogP contribution in [0.5, 0.6) is 17.4 Å². The Morgan fingerprint density at radius 1 is 1.06 bits per heavy atom. The van der Waals surface area contributed by atoms with Crippen LogP contribution in [0.25, 0.3) is 22.2 Å². The Bertz CT molecular complexity index is 1440. The molecule has 0 spiro atoms. The van der Waals surface area contributed by atoms with Crippen molar-refractivity contribution in [3.05, 3.63) is 76.9 Å². The second-order valence-electron chi connectivity index (χ2n) is 8.63. The van der Waals surface area contributed by atoms with E-state index in [4.69, 9.17) is 18.6 Å². The minimum atomic E-state index is -0.660. The van der Waals surface area contributed by atoms with Crippen molar-refractivity contribution in [2.45, 2.75) is 38.9 Å². The summed E-state index contributed by atoms with van der Waals surface area (Å²) in [5, 5.41) is 0.821. The predicted octanol–water partition coefficient (Wildman–Crippen LogP) is 4.34. The smallest absolute Gasteiger partial charge is 0.336 e. The molecule has 0 radical (unpaired) electrons. The van der Waals surface area contributed by atoms with E-state index in [-0.39, 0.29) is 12.1 Å². The van der Waals surface area contributed by atoms with Gasteiger partial charge >= 0.3 is 11.6 Å². The van der Waals surface area contributed by atoms with Crippen molar-refractivity contribution in [2.75, 3.05) is 0 Å². The number of rotatable bonds is 4. The molecule has 0 saturated heterocycles. The standard InChI is InChI=1S/C26H22N2O6/c1-15(29)31-19-7-4-16(5-8-19)20-12-24(28-14-27-20)33-23-11-18-10-17-6-9-25(30)32-21(17)13-22(18)34-26(23,2)3/h4-10,12-14,23H,11H2,1-3H3/t23-/m0/s1. The molecule has 0 unspecified atom stereocenters. The summed E-state index contributed by atoms with van der Waals surface area (Å²) >= 11 is 0. The number of aromatic nitrogens is 2. The molecule has 8 nitrogen and oxygen atoms in total. The van der Waals surface area contributed by atoms with E-state index < -0.39 is 11.2 Å². The Balaban J connectivity index is 1.39. The predicted molar refractivity (Wildman–Crippen MR) is 124 cm³/mol. The van der Waals surface area contributed by atoms with Crippen LogP contribution in [0, 0.1) is 0 Å². The number of benzene rings is 2. The minimum absolute atomic E-state index is 0.317. The molecule has 1 aliphatic heterocycles. The molecular formula is C26H22N2O6. The van der Waals surface area contributed by atoms with Crippen LogP contribution in [-0.2, 0) is 11.2 Å². The van der Waals surface area contributed by atoms with Gasteiger partial charge in [0.1, 0.15) is 35.1 Å². The lowest BCUT2D eigenvalue weighted by Gasteiger charge is -2.39. The maximum atomic E-state index is 11.6. The van der Waals surface area contributed by atoms with Crippen LogP contribution in [0.15, 0.2) is 70.1 Å². The second kappa shape index (κ2) is 8.30. The maximum Gasteiger partial charge on any atom is 0.336 e. The second-order valence-corrected chi connectivity index (χ2v) is 8.63. The summed E-state index contributed by atoms with van der Waals surface area (Å²) in [4.78, 5) is 31.3. The lowest BCUT2D eigenvalue weighted by molar-refractivity contribution is -0.131. The van der Waals surface area contributed by atoms with Gasteiger partial charge in [-0.2, -0.15) is 0 Å². The van der Waals surface area contributed by atoms with E-state index in [2.05, 4.69) is 9.97 Å². The molecule has 0 amide bonds. The normalized spacial score (nSPS) is 16.4. The maximum absolute atomic E-state index is 11.6. The van der Waals surface area contributed by atoms with Crippen molar-refractivity contribution in [1.29, 1.82) is 0 Å². The molecule has 1 atom stereocenters. The Hall–Kier alpha value is -4.20. The zero-order valence-electron chi connectivity index (χ0n) is 18.9. The van der Waals surface area contributed by atoms with E-state index in [9.17, 15) is 9.59 Å². The fourth-order valence-electron chi connectivity index (χ4n) is 3.94. The molecule has 5 rings (SSSR count). The van der Waals surface area contributed by atoms with Gasteiger partial charge < -0.3 is 18.6 Å². The van der Waals surface area contributed by atoms with Crippen LogP contribution >= 0.6 is 0 Å². The van der Waals surface area contributed by atoms with Crippen molar-refractivity contribution in [3.8, 4) is 28.6 Å². The summed E-state index contributed by atoms with van der Waals surface area (Å²) in [6, 6.07) is 15.7. The van der Waals surface area contributed by atoms with Crippen LogP contribution < -0.4 is 19.8 Å². The average Bonchev–Trinajstić information content (AvgIpc) is 2.78. The summed E-state index contributed by atoms with van der Waals surface area (Å²) in [7, 11) is 0. The quantitative estimate of drug-likeness (QED) is 0.253. The summed E-state index contributed by atoms with van der Waals surface area (Å²) < 4.78 is 22.9. The van der Waals surface area contributed by atoms with Gasteiger partial charge in [-0.15, -0.1) is 0 Å². The fraction of sp³-hybridized carbons (Fsp3) is 0.231. The van der Waals surface area contributed by atoms with Gasteiger partial charge in [-0.3, -0.25) is 4.79 Å². The third-order valence-corrected chi connectivity index (χ3v) is 5.67. The zero-order chi connectivity index (χ0) is 23.9. The molecule has 8 heteroatoms. The number of hydrogen-bond donors (Lipinski definition) is 0. The molecule has 3 heterocycles. The first-order valence-electron chi connectivity index (χ1n) is 10.8. The molecule has 2 aromatic carbocycles. The molecule has 172 valence electrons. The number of carbonyl (C=O) groups excluding carboxylic acids is 1. The summed E-state index contributed by atoms with van der Waals surface area (Å²) in [5.41, 5.74) is 1.90. The molecule has 0 aliphatic carbocycles. The van der Waals surface area contributed by atoms with Gasteiger partial charge in [0.15, 0.2) is 0 Å². The van der Waals surface area contributed by atoms with Crippen LogP contribution in [-0.4, -0.2) is 27.6 Å². The van der Waals surface area contributed by atoms with Crippen molar-refractivity contribution < 1.29 is 23.4 Å². The molecule has 2 aromatic heterocycles. The molecule has 0 N–H and O–H groups in total. The highest BCUT2D eigenvalue weighted by Gasteiger charge is 2.39. The van der Waals surface area contributed by atoms with Gasteiger partial charge in [0.25, 0.3) is 0 Å². The largest absolute Gasteiger partial charge is 0.484 e. The number of esters is 1. The summed E-state index contributed by atoms with van der Waals surface area (Å²) in [6.45, 7) is 5.25. The van der Waals surface area contributed by atoms with E-state index in [1.165, 1.54) is 19.3 Å². The molecule has 34 heavy (non-hydrogen) atoms. The Kier molecular flexibility index (Phi) is 5.28. The highest BCUT2D eigenvalue weighted by Crippen LogP contribution is 2.37. The van der Waals surface area contributed by atoms with Crippen LogP contribution in [0.4, 0.5) is 0 Å². The van der Waals surface area contributed by atoms with Crippen LogP contribution in [0.3, 0.4) is 0 Å². The molecule has 1 aliphatic rings. The Morgan fingerprint density at radius 2 is 1.85 bits per heavy atom. The Morgan fingerprint density at radius 3 is 2.62 bits per heavy atom. The van der Waals surface area contributed by atoms with Gasteiger partial charge in [-0.05, 0) is 55.8 Å². The third-order valence-electron chi connectivity index (χ3n) is 5.67. The number of carbonyl (C=O) groups is 1. The number of ether oxygens (including phenoxy) is 3. The van der Waals surface area contributed by atoms with E-state index >= 15 is 0 Å². The van der Waals surface area contributed by atoms with Gasteiger partial charge in [0.05, 0.1) is 5.69 Å².